The van der Waals surface area contributed by atoms with E-state index in [9.17, 15) is 8.78 Å². The summed E-state index contributed by atoms with van der Waals surface area (Å²) in [6.45, 7) is 1.29. The Hall–Kier alpha value is -1.94. The van der Waals surface area contributed by atoms with E-state index in [0.717, 1.165) is 11.1 Å². The number of alkyl halides is 2. The third-order valence-corrected chi connectivity index (χ3v) is 3.54. The second-order valence-corrected chi connectivity index (χ2v) is 5.18. The first-order valence-corrected chi connectivity index (χ1v) is 6.82. The Labute approximate surface area is 123 Å². The van der Waals surface area contributed by atoms with Gasteiger partial charge in [0, 0.05) is 6.04 Å². The molecule has 1 atom stereocenters. The van der Waals surface area contributed by atoms with Crippen LogP contribution in [0.1, 0.15) is 28.3 Å². The summed E-state index contributed by atoms with van der Waals surface area (Å²) < 4.78 is 28.9. The van der Waals surface area contributed by atoms with Crippen LogP contribution in [-0.2, 0) is 6.42 Å². The molecule has 0 bridgehead atoms. The Kier molecular flexibility index (Phi) is 4.91. The van der Waals surface area contributed by atoms with Crippen molar-refractivity contribution in [2.45, 2.75) is 32.9 Å². The minimum atomic E-state index is -2.82. The van der Waals surface area contributed by atoms with Gasteiger partial charge in [0.05, 0.1) is 0 Å². The molecule has 2 aromatic rings. The molecule has 1 unspecified atom stereocenters. The van der Waals surface area contributed by atoms with Crippen LogP contribution >= 0.6 is 0 Å². The van der Waals surface area contributed by atoms with Gasteiger partial charge >= 0.3 is 6.61 Å². The normalized spacial score (nSPS) is 12.5. The molecule has 0 aliphatic heterocycles. The van der Waals surface area contributed by atoms with Crippen LogP contribution in [0.5, 0.6) is 5.75 Å². The van der Waals surface area contributed by atoms with Crippen LogP contribution in [0, 0.1) is 13.8 Å². The van der Waals surface area contributed by atoms with E-state index in [1.54, 1.807) is 12.1 Å². The zero-order valence-electron chi connectivity index (χ0n) is 12.1. The van der Waals surface area contributed by atoms with E-state index in [1.165, 1.54) is 17.2 Å². The predicted octanol–water partition coefficient (Wildman–Crippen LogP) is 4.15. The van der Waals surface area contributed by atoms with Crippen molar-refractivity contribution in [1.29, 1.82) is 0 Å². The summed E-state index contributed by atoms with van der Waals surface area (Å²) in [4.78, 5) is 0. The van der Waals surface area contributed by atoms with Crippen LogP contribution in [0.2, 0.25) is 0 Å². The van der Waals surface area contributed by atoms with Gasteiger partial charge in [0.1, 0.15) is 5.75 Å². The maximum atomic E-state index is 12.2. The van der Waals surface area contributed by atoms with Crippen LogP contribution in [0.3, 0.4) is 0 Å². The summed E-state index contributed by atoms with van der Waals surface area (Å²) in [5.74, 6) is 0.137. The van der Waals surface area contributed by atoms with Crippen LogP contribution in [0.25, 0.3) is 0 Å². The average molecular weight is 291 g/mol. The Balaban J connectivity index is 2.12. The molecule has 2 aromatic carbocycles. The van der Waals surface area contributed by atoms with Gasteiger partial charge in [-0.25, -0.2) is 0 Å². The van der Waals surface area contributed by atoms with Crippen LogP contribution in [0.4, 0.5) is 8.78 Å². The molecule has 0 aliphatic carbocycles. The number of ether oxygens (including phenoxy) is 1. The molecule has 0 heterocycles. The molecule has 0 saturated heterocycles. The van der Waals surface area contributed by atoms with E-state index < -0.39 is 6.61 Å². The number of benzene rings is 2. The van der Waals surface area contributed by atoms with E-state index in [2.05, 4.69) is 30.7 Å². The van der Waals surface area contributed by atoms with Gasteiger partial charge in [-0.1, -0.05) is 30.3 Å². The highest BCUT2D eigenvalue weighted by Gasteiger charge is 2.10. The van der Waals surface area contributed by atoms with Gasteiger partial charge in [0.25, 0.3) is 0 Å². The van der Waals surface area contributed by atoms with E-state index in [-0.39, 0.29) is 11.8 Å². The summed E-state index contributed by atoms with van der Waals surface area (Å²) in [5, 5.41) is 0. The quantitative estimate of drug-likeness (QED) is 0.898. The van der Waals surface area contributed by atoms with Crippen molar-refractivity contribution in [2.75, 3.05) is 0 Å². The molecule has 2 nitrogen and oxygen atoms in total. The number of nitrogens with two attached hydrogens (primary N) is 1. The molecule has 0 amide bonds. The summed E-state index contributed by atoms with van der Waals surface area (Å²) in [7, 11) is 0. The fourth-order valence-electron chi connectivity index (χ4n) is 2.22. The standard InChI is InChI=1S/C17H19F2NO/c1-11-6-7-13(8-12(11)2)9-16(20)14-4-3-5-15(10-14)21-17(18)19/h3-8,10,16-17H,9,20H2,1-2H3. The Morgan fingerprint density at radius 1 is 1.05 bits per heavy atom. The lowest BCUT2D eigenvalue weighted by Crippen LogP contribution is -2.14. The van der Waals surface area contributed by atoms with Crippen molar-refractivity contribution < 1.29 is 13.5 Å². The summed E-state index contributed by atoms with van der Waals surface area (Å²) >= 11 is 0. The van der Waals surface area contributed by atoms with Gasteiger partial charge in [-0.15, -0.1) is 0 Å². The van der Waals surface area contributed by atoms with Crippen molar-refractivity contribution in [3.8, 4) is 5.75 Å². The molecule has 0 aliphatic rings. The lowest BCUT2D eigenvalue weighted by atomic mass is 9.97. The number of hydrogen-bond acceptors (Lipinski definition) is 2. The summed E-state index contributed by atoms with van der Waals surface area (Å²) in [5.41, 5.74) is 10.5. The van der Waals surface area contributed by atoms with E-state index in [1.807, 2.05) is 12.1 Å². The minimum absolute atomic E-state index is 0.137. The zero-order chi connectivity index (χ0) is 15.4. The minimum Gasteiger partial charge on any atom is -0.435 e. The Bertz CT molecular complexity index is 613. The number of aryl methyl sites for hydroxylation is 2. The smallest absolute Gasteiger partial charge is 0.387 e. The first-order chi connectivity index (χ1) is 9.95. The van der Waals surface area contributed by atoms with E-state index in [4.69, 9.17) is 5.73 Å². The second kappa shape index (κ2) is 6.68. The highest BCUT2D eigenvalue weighted by atomic mass is 19.3. The highest BCUT2D eigenvalue weighted by Crippen LogP contribution is 2.23. The summed E-state index contributed by atoms with van der Waals surface area (Å²) in [6.07, 6.45) is 0.652. The van der Waals surface area contributed by atoms with Crippen molar-refractivity contribution in [1.82, 2.24) is 0 Å². The van der Waals surface area contributed by atoms with Crippen molar-refractivity contribution in [3.63, 3.8) is 0 Å². The fourth-order valence-corrected chi connectivity index (χ4v) is 2.22. The monoisotopic (exact) mass is 291 g/mol. The molecule has 0 fully saturated rings. The van der Waals surface area contributed by atoms with Gasteiger partial charge in [0.15, 0.2) is 0 Å². The third kappa shape index (κ3) is 4.26. The van der Waals surface area contributed by atoms with E-state index in [0.29, 0.717) is 6.42 Å². The second-order valence-electron chi connectivity index (χ2n) is 5.18. The Morgan fingerprint density at radius 3 is 2.48 bits per heavy atom. The maximum Gasteiger partial charge on any atom is 0.387 e. The van der Waals surface area contributed by atoms with Gasteiger partial charge in [0.2, 0.25) is 0 Å². The first-order valence-electron chi connectivity index (χ1n) is 6.82. The number of halogens is 2. The van der Waals surface area contributed by atoms with Crippen molar-refractivity contribution in [2.24, 2.45) is 5.73 Å². The van der Waals surface area contributed by atoms with Gasteiger partial charge in [-0.05, 0) is 54.7 Å². The van der Waals surface area contributed by atoms with Crippen LogP contribution in [0.15, 0.2) is 42.5 Å². The van der Waals surface area contributed by atoms with Gasteiger partial charge < -0.3 is 10.5 Å². The lowest BCUT2D eigenvalue weighted by Gasteiger charge is -2.14. The SMILES string of the molecule is Cc1ccc(CC(N)c2cccc(OC(F)F)c2)cc1C. The molecule has 0 saturated carbocycles. The molecule has 4 heteroatoms. The fraction of sp³-hybridized carbons (Fsp3) is 0.294. The van der Waals surface area contributed by atoms with Crippen molar-refractivity contribution in [3.05, 3.63) is 64.7 Å². The Morgan fingerprint density at radius 2 is 1.81 bits per heavy atom. The highest BCUT2D eigenvalue weighted by molar-refractivity contribution is 5.34. The molecule has 112 valence electrons. The molecule has 0 spiro atoms. The third-order valence-electron chi connectivity index (χ3n) is 3.54. The van der Waals surface area contributed by atoms with E-state index >= 15 is 0 Å². The lowest BCUT2D eigenvalue weighted by molar-refractivity contribution is -0.0499. The largest absolute Gasteiger partial charge is 0.435 e. The molecular weight excluding hydrogens is 272 g/mol. The molecule has 0 radical (unpaired) electrons. The predicted molar refractivity (Wildman–Crippen MR) is 79.6 cm³/mol. The van der Waals surface area contributed by atoms with Gasteiger partial charge in [-0.2, -0.15) is 8.78 Å². The van der Waals surface area contributed by atoms with Crippen molar-refractivity contribution >= 4 is 0 Å². The number of rotatable bonds is 5. The number of hydrogen-bond donors (Lipinski definition) is 1. The van der Waals surface area contributed by atoms with Gasteiger partial charge in [-0.3, -0.25) is 0 Å². The first kappa shape index (κ1) is 15.4. The van der Waals surface area contributed by atoms with Crippen LogP contribution < -0.4 is 10.5 Å². The van der Waals surface area contributed by atoms with Crippen LogP contribution in [-0.4, -0.2) is 6.61 Å². The average Bonchev–Trinajstić information content (AvgIpc) is 2.42. The summed E-state index contributed by atoms with van der Waals surface area (Å²) in [6, 6.07) is 12.5. The maximum absolute atomic E-state index is 12.2. The molecular formula is C17H19F2NO. The zero-order valence-corrected chi connectivity index (χ0v) is 12.1. The topological polar surface area (TPSA) is 35.2 Å². The molecule has 0 aromatic heterocycles. The molecule has 21 heavy (non-hydrogen) atoms. The molecule has 2 rings (SSSR count). The molecule has 2 N–H and O–H groups in total.